The van der Waals surface area contributed by atoms with Crippen molar-refractivity contribution >= 4 is 17.4 Å². The zero-order valence-corrected chi connectivity index (χ0v) is 15.9. The molecule has 0 aliphatic carbocycles. The molecule has 0 fully saturated rings. The van der Waals surface area contributed by atoms with Crippen LogP contribution in [0.2, 0.25) is 0 Å². The summed E-state index contributed by atoms with van der Waals surface area (Å²) < 4.78 is 14.3. The van der Waals surface area contributed by atoms with Crippen molar-refractivity contribution in [2.45, 2.75) is 26.4 Å². The van der Waals surface area contributed by atoms with Gasteiger partial charge < -0.3 is 10.6 Å². The van der Waals surface area contributed by atoms with Crippen LogP contribution in [0.1, 0.15) is 23.7 Å². The number of aromatic nitrogens is 4. The largest absolute Gasteiger partial charge is 0.379 e. The maximum Gasteiger partial charge on any atom is 0.274 e. The van der Waals surface area contributed by atoms with Crippen LogP contribution >= 0.6 is 0 Å². The molecule has 29 heavy (non-hydrogen) atoms. The molecule has 0 aliphatic rings. The molecule has 3 N–H and O–H groups in total. The van der Waals surface area contributed by atoms with Gasteiger partial charge in [0.2, 0.25) is 5.95 Å². The summed E-state index contributed by atoms with van der Waals surface area (Å²) in [7, 11) is 0. The predicted octanol–water partition coefficient (Wildman–Crippen LogP) is 3.34. The monoisotopic (exact) mass is 392 g/mol. The molecule has 2 aromatic carbocycles. The maximum atomic E-state index is 13.0. The summed E-state index contributed by atoms with van der Waals surface area (Å²) in [6, 6.07) is 15.8. The third-order valence-electron chi connectivity index (χ3n) is 4.59. The van der Waals surface area contributed by atoms with Crippen molar-refractivity contribution in [2.24, 2.45) is 0 Å². The summed E-state index contributed by atoms with van der Waals surface area (Å²) in [6.07, 6.45) is 1.00. The average Bonchev–Trinajstić information content (AvgIpc) is 3.16. The van der Waals surface area contributed by atoms with Crippen LogP contribution in [0.3, 0.4) is 0 Å². The number of anilines is 2. The fourth-order valence-electron chi connectivity index (χ4n) is 2.94. The van der Waals surface area contributed by atoms with Gasteiger partial charge in [-0.3, -0.25) is 9.89 Å². The molecule has 0 amide bonds. The Morgan fingerprint density at radius 2 is 1.69 bits per heavy atom. The number of nitrogens with zero attached hydrogens (tertiary/aromatic N) is 3. The van der Waals surface area contributed by atoms with Crippen molar-refractivity contribution in [1.29, 1.82) is 0 Å². The molecule has 4 rings (SSSR count). The zero-order valence-electron chi connectivity index (χ0n) is 15.9. The third kappa shape index (κ3) is 4.43. The number of aryl methyl sites for hydroxylation is 1. The summed E-state index contributed by atoms with van der Waals surface area (Å²) >= 11 is 0. The van der Waals surface area contributed by atoms with Crippen LogP contribution < -0.4 is 16.2 Å². The van der Waals surface area contributed by atoms with Gasteiger partial charge in [-0.05, 0) is 41.8 Å². The van der Waals surface area contributed by atoms with Gasteiger partial charge >= 0.3 is 0 Å². The Labute approximate surface area is 166 Å². The minimum atomic E-state index is -0.300. The molecule has 0 unspecified atom stereocenters. The van der Waals surface area contributed by atoms with Gasteiger partial charge in [-0.15, -0.1) is 0 Å². The molecule has 7 nitrogen and oxygen atoms in total. The molecule has 0 bridgehead atoms. The third-order valence-corrected chi connectivity index (χ3v) is 4.59. The van der Waals surface area contributed by atoms with E-state index in [1.807, 2.05) is 0 Å². The molecule has 0 atom stereocenters. The van der Waals surface area contributed by atoms with Gasteiger partial charge in [-0.2, -0.15) is 9.50 Å². The topological polar surface area (TPSA) is 87.1 Å². The van der Waals surface area contributed by atoms with E-state index in [0.29, 0.717) is 24.7 Å². The lowest BCUT2D eigenvalue weighted by Crippen LogP contribution is -2.17. The fraction of sp³-hybridized carbons (Fsp3) is 0.190. The van der Waals surface area contributed by atoms with Gasteiger partial charge in [0.1, 0.15) is 5.82 Å². The number of hydrogen-bond acceptors (Lipinski definition) is 5. The van der Waals surface area contributed by atoms with Gasteiger partial charge in [-0.1, -0.05) is 31.2 Å². The van der Waals surface area contributed by atoms with Crippen LogP contribution in [-0.4, -0.2) is 19.6 Å². The Morgan fingerprint density at radius 1 is 0.966 bits per heavy atom. The van der Waals surface area contributed by atoms with Crippen molar-refractivity contribution in [3.8, 4) is 0 Å². The number of H-pyrrole nitrogens is 1. The quantitative estimate of drug-likeness (QED) is 0.449. The molecule has 2 heterocycles. The Balaban J connectivity index is 1.46. The SMILES string of the molecule is CCc1ccc(CNc2nc3nc(CNc4ccc(F)cc4)cc(=O)n3[nH]2)cc1. The van der Waals surface area contributed by atoms with E-state index in [1.54, 1.807) is 12.1 Å². The van der Waals surface area contributed by atoms with Crippen molar-refractivity contribution < 1.29 is 4.39 Å². The van der Waals surface area contributed by atoms with E-state index < -0.39 is 0 Å². The average molecular weight is 392 g/mol. The van der Waals surface area contributed by atoms with E-state index in [4.69, 9.17) is 0 Å². The van der Waals surface area contributed by atoms with Crippen molar-refractivity contribution in [3.05, 3.63) is 87.6 Å². The van der Waals surface area contributed by atoms with Gasteiger partial charge in [0.15, 0.2) is 0 Å². The van der Waals surface area contributed by atoms with Crippen molar-refractivity contribution in [3.63, 3.8) is 0 Å². The summed E-state index contributed by atoms with van der Waals surface area (Å²) in [5.41, 5.74) is 3.44. The number of rotatable bonds is 7. The van der Waals surface area contributed by atoms with Crippen LogP contribution in [0.4, 0.5) is 16.0 Å². The Hall–Kier alpha value is -3.68. The molecule has 8 heteroatoms. The van der Waals surface area contributed by atoms with E-state index in [1.165, 1.54) is 28.3 Å². The van der Waals surface area contributed by atoms with Gasteiger partial charge in [0, 0.05) is 18.3 Å². The highest BCUT2D eigenvalue weighted by Gasteiger charge is 2.08. The number of fused-ring (bicyclic) bond motifs is 1. The van der Waals surface area contributed by atoms with Crippen molar-refractivity contribution in [2.75, 3.05) is 10.6 Å². The second kappa shape index (κ2) is 8.14. The number of nitrogens with one attached hydrogen (secondary N) is 3. The maximum absolute atomic E-state index is 13.0. The zero-order chi connectivity index (χ0) is 20.2. The normalized spacial score (nSPS) is 11.0. The first kappa shape index (κ1) is 18.7. The smallest absolute Gasteiger partial charge is 0.274 e. The summed E-state index contributed by atoms with van der Waals surface area (Å²) in [5, 5.41) is 9.21. The standard InChI is InChI=1S/C21H21FN6O/c1-2-14-3-5-15(6-4-14)12-24-20-26-21-25-18(11-19(29)28(21)27-20)13-23-17-9-7-16(22)8-10-17/h3-11,23H,2,12-13H2,1H3,(H2,24,25,26,27). The van der Waals surface area contributed by atoms with Gasteiger partial charge in [0.05, 0.1) is 12.2 Å². The second-order valence-electron chi connectivity index (χ2n) is 6.68. The van der Waals surface area contributed by atoms with E-state index in [2.05, 4.69) is 56.9 Å². The highest BCUT2D eigenvalue weighted by Crippen LogP contribution is 2.11. The first-order valence-electron chi connectivity index (χ1n) is 9.40. The number of benzene rings is 2. The Morgan fingerprint density at radius 3 is 2.41 bits per heavy atom. The molecule has 4 aromatic rings. The molecule has 0 spiro atoms. The van der Waals surface area contributed by atoms with Crippen LogP contribution in [0.15, 0.2) is 59.4 Å². The van der Waals surface area contributed by atoms with Crippen LogP contribution in [-0.2, 0) is 19.5 Å². The predicted molar refractivity (Wildman–Crippen MR) is 110 cm³/mol. The summed E-state index contributed by atoms with van der Waals surface area (Å²) in [5.74, 6) is 0.459. The second-order valence-corrected chi connectivity index (χ2v) is 6.68. The lowest BCUT2D eigenvalue weighted by Gasteiger charge is -2.05. The Bertz CT molecular complexity index is 1160. The highest BCUT2D eigenvalue weighted by molar-refractivity contribution is 5.44. The van der Waals surface area contributed by atoms with Gasteiger partial charge in [-0.25, -0.2) is 9.37 Å². The molecule has 0 aliphatic heterocycles. The number of halogens is 1. The lowest BCUT2D eigenvalue weighted by molar-refractivity contribution is 0.628. The van der Waals surface area contributed by atoms with E-state index in [9.17, 15) is 9.18 Å². The first-order chi connectivity index (χ1) is 14.1. The molecular formula is C21H21FN6O. The molecule has 2 aromatic heterocycles. The molecule has 0 radical (unpaired) electrons. The minimum absolute atomic E-state index is 0.251. The Kier molecular flexibility index (Phi) is 5.24. The lowest BCUT2D eigenvalue weighted by atomic mass is 10.1. The van der Waals surface area contributed by atoms with Crippen LogP contribution in [0.5, 0.6) is 0 Å². The summed E-state index contributed by atoms with van der Waals surface area (Å²) in [6.45, 7) is 3.03. The van der Waals surface area contributed by atoms with Crippen LogP contribution in [0, 0.1) is 5.82 Å². The first-order valence-corrected chi connectivity index (χ1v) is 9.40. The van der Waals surface area contributed by atoms with Crippen molar-refractivity contribution in [1.82, 2.24) is 19.6 Å². The van der Waals surface area contributed by atoms with E-state index >= 15 is 0 Å². The van der Waals surface area contributed by atoms with Crippen LogP contribution in [0.25, 0.3) is 5.78 Å². The number of hydrogen-bond donors (Lipinski definition) is 3. The van der Waals surface area contributed by atoms with E-state index in [0.717, 1.165) is 17.7 Å². The molecule has 0 saturated carbocycles. The highest BCUT2D eigenvalue weighted by atomic mass is 19.1. The minimum Gasteiger partial charge on any atom is -0.379 e. The van der Waals surface area contributed by atoms with E-state index in [-0.39, 0.29) is 17.2 Å². The number of aromatic amines is 1. The van der Waals surface area contributed by atoms with Gasteiger partial charge in [0.25, 0.3) is 11.3 Å². The molecular weight excluding hydrogens is 371 g/mol. The molecule has 148 valence electrons. The molecule has 0 saturated heterocycles. The summed E-state index contributed by atoms with van der Waals surface area (Å²) in [4.78, 5) is 21.1. The fourth-order valence-corrected chi connectivity index (χ4v) is 2.94.